The predicted molar refractivity (Wildman–Crippen MR) is 83.8 cm³/mol. The van der Waals surface area contributed by atoms with Gasteiger partial charge in [-0.25, -0.2) is 0 Å². The van der Waals surface area contributed by atoms with Crippen molar-refractivity contribution in [3.63, 3.8) is 0 Å². The quantitative estimate of drug-likeness (QED) is 0.887. The van der Waals surface area contributed by atoms with Gasteiger partial charge in [0.15, 0.2) is 0 Å². The molecule has 2 rings (SSSR count). The summed E-state index contributed by atoms with van der Waals surface area (Å²) in [6.45, 7) is 4.68. The maximum Gasteiger partial charge on any atom is 0.142 e. The molecule has 1 unspecified atom stereocenters. The van der Waals surface area contributed by atoms with Crippen LogP contribution in [0.2, 0.25) is 0 Å². The Morgan fingerprint density at radius 3 is 2.89 bits per heavy atom. The summed E-state index contributed by atoms with van der Waals surface area (Å²) in [6.07, 6.45) is 1.26. The lowest BCUT2D eigenvalue weighted by atomic mass is 9.82. The molecule has 1 N–H and O–H groups in total. The van der Waals surface area contributed by atoms with Crippen molar-refractivity contribution in [2.75, 3.05) is 23.9 Å². The summed E-state index contributed by atoms with van der Waals surface area (Å²) >= 11 is 5.55. The molecule has 1 aromatic rings. The largest absolute Gasteiger partial charge is 0.495 e. The van der Waals surface area contributed by atoms with Crippen LogP contribution in [0, 0.1) is 5.41 Å². The predicted octanol–water partition coefficient (Wildman–Crippen LogP) is 4.40. The average molecular weight is 330 g/mol. The Morgan fingerprint density at radius 1 is 1.44 bits per heavy atom. The first-order valence-corrected chi connectivity index (χ1v) is 8.15. The van der Waals surface area contributed by atoms with E-state index in [4.69, 9.17) is 4.74 Å². The number of anilines is 1. The number of benzene rings is 1. The van der Waals surface area contributed by atoms with E-state index >= 15 is 0 Å². The van der Waals surface area contributed by atoms with Crippen LogP contribution in [0.15, 0.2) is 22.7 Å². The van der Waals surface area contributed by atoms with Crippen LogP contribution >= 0.6 is 27.7 Å². The molecule has 1 aliphatic heterocycles. The molecule has 0 amide bonds. The Kier molecular flexibility index (Phi) is 4.49. The zero-order valence-corrected chi connectivity index (χ0v) is 13.5. The van der Waals surface area contributed by atoms with E-state index in [1.807, 2.05) is 23.9 Å². The van der Waals surface area contributed by atoms with Crippen LogP contribution in [0.4, 0.5) is 5.69 Å². The van der Waals surface area contributed by atoms with Crippen molar-refractivity contribution in [3.8, 4) is 5.75 Å². The van der Waals surface area contributed by atoms with Crippen molar-refractivity contribution in [2.24, 2.45) is 5.41 Å². The summed E-state index contributed by atoms with van der Waals surface area (Å²) in [5.74, 6) is 3.33. The van der Waals surface area contributed by atoms with Crippen LogP contribution in [0.25, 0.3) is 0 Å². The molecule has 0 spiro atoms. The summed E-state index contributed by atoms with van der Waals surface area (Å²) in [4.78, 5) is 0. The number of nitrogens with one attached hydrogen (secondary N) is 1. The minimum absolute atomic E-state index is 0.332. The third-order valence-electron chi connectivity index (χ3n) is 3.61. The molecule has 18 heavy (non-hydrogen) atoms. The van der Waals surface area contributed by atoms with Crippen LogP contribution < -0.4 is 10.1 Å². The van der Waals surface area contributed by atoms with Gasteiger partial charge in [-0.05, 0) is 35.8 Å². The van der Waals surface area contributed by atoms with Crippen LogP contribution in [-0.2, 0) is 0 Å². The van der Waals surface area contributed by atoms with Crippen molar-refractivity contribution >= 4 is 33.4 Å². The molecule has 0 radical (unpaired) electrons. The number of ether oxygens (including phenoxy) is 1. The Hall–Kier alpha value is -0.350. The number of thioether (sulfide) groups is 1. The van der Waals surface area contributed by atoms with Crippen molar-refractivity contribution in [1.29, 1.82) is 0 Å². The molecule has 0 saturated carbocycles. The SMILES string of the molecule is COc1ccc(Br)cc1NC1CSCCC1(C)C. The molecule has 4 heteroatoms. The van der Waals surface area contributed by atoms with Crippen LogP contribution in [0.5, 0.6) is 5.75 Å². The molecular formula is C14H20BrNOS. The molecule has 1 saturated heterocycles. The Balaban J connectivity index is 2.19. The van der Waals surface area contributed by atoms with E-state index in [0.717, 1.165) is 21.7 Å². The Labute approximate surface area is 122 Å². The van der Waals surface area contributed by atoms with E-state index in [0.29, 0.717) is 11.5 Å². The highest BCUT2D eigenvalue weighted by atomic mass is 79.9. The molecule has 1 aromatic carbocycles. The summed E-state index contributed by atoms with van der Waals surface area (Å²) in [5, 5.41) is 3.66. The molecule has 1 heterocycles. The number of methoxy groups -OCH3 is 1. The third kappa shape index (κ3) is 3.15. The summed E-state index contributed by atoms with van der Waals surface area (Å²) in [6, 6.07) is 6.58. The fourth-order valence-corrected chi connectivity index (χ4v) is 4.12. The van der Waals surface area contributed by atoms with E-state index in [-0.39, 0.29) is 0 Å². The number of hydrogen-bond donors (Lipinski definition) is 1. The number of hydrogen-bond acceptors (Lipinski definition) is 3. The normalized spacial score (nSPS) is 22.6. The second-order valence-corrected chi connectivity index (χ2v) is 7.42. The standard InChI is InChI=1S/C14H20BrNOS/c1-14(2)6-7-18-9-13(14)16-11-8-10(15)4-5-12(11)17-3/h4-5,8,13,16H,6-7,9H2,1-3H3. The van der Waals surface area contributed by atoms with Crippen molar-refractivity contribution < 1.29 is 4.74 Å². The van der Waals surface area contributed by atoms with E-state index in [9.17, 15) is 0 Å². The maximum absolute atomic E-state index is 5.42. The second-order valence-electron chi connectivity index (χ2n) is 5.36. The van der Waals surface area contributed by atoms with Gasteiger partial charge in [0, 0.05) is 16.3 Å². The lowest BCUT2D eigenvalue weighted by molar-refractivity contribution is 0.304. The zero-order chi connectivity index (χ0) is 13.2. The van der Waals surface area contributed by atoms with E-state index in [1.165, 1.54) is 12.2 Å². The van der Waals surface area contributed by atoms with Crippen molar-refractivity contribution in [3.05, 3.63) is 22.7 Å². The topological polar surface area (TPSA) is 21.3 Å². The van der Waals surface area contributed by atoms with Gasteiger partial charge in [0.1, 0.15) is 5.75 Å². The summed E-state index contributed by atoms with van der Waals surface area (Å²) in [7, 11) is 1.72. The second kappa shape index (κ2) is 5.74. The third-order valence-corrected chi connectivity index (χ3v) is 5.16. The zero-order valence-electron chi connectivity index (χ0n) is 11.1. The summed E-state index contributed by atoms with van der Waals surface area (Å²) < 4.78 is 6.50. The minimum Gasteiger partial charge on any atom is -0.495 e. The monoisotopic (exact) mass is 329 g/mol. The van der Waals surface area contributed by atoms with Crippen molar-refractivity contribution in [1.82, 2.24) is 0 Å². The molecule has 2 nitrogen and oxygen atoms in total. The van der Waals surface area contributed by atoms with Gasteiger partial charge in [0.2, 0.25) is 0 Å². The maximum atomic E-state index is 5.42. The van der Waals surface area contributed by atoms with E-state index in [1.54, 1.807) is 7.11 Å². The van der Waals surface area contributed by atoms with Crippen LogP contribution in [-0.4, -0.2) is 24.7 Å². The van der Waals surface area contributed by atoms with Gasteiger partial charge in [-0.2, -0.15) is 11.8 Å². The summed E-state index contributed by atoms with van der Waals surface area (Å²) in [5.41, 5.74) is 1.41. The number of halogens is 1. The molecular weight excluding hydrogens is 310 g/mol. The lowest BCUT2D eigenvalue weighted by Crippen LogP contribution is -2.41. The molecule has 100 valence electrons. The highest BCUT2D eigenvalue weighted by molar-refractivity contribution is 9.10. The molecule has 0 bridgehead atoms. The van der Waals surface area contributed by atoms with Gasteiger partial charge in [-0.3, -0.25) is 0 Å². The average Bonchev–Trinajstić information content (AvgIpc) is 2.32. The molecule has 0 aliphatic carbocycles. The Morgan fingerprint density at radius 2 is 2.22 bits per heavy atom. The molecule has 1 fully saturated rings. The van der Waals surface area contributed by atoms with Gasteiger partial charge in [-0.15, -0.1) is 0 Å². The molecule has 1 atom stereocenters. The Bertz CT molecular complexity index is 422. The highest BCUT2D eigenvalue weighted by Gasteiger charge is 2.32. The fraction of sp³-hybridized carbons (Fsp3) is 0.571. The smallest absolute Gasteiger partial charge is 0.142 e. The minimum atomic E-state index is 0.332. The van der Waals surface area contributed by atoms with Gasteiger partial charge < -0.3 is 10.1 Å². The first-order valence-electron chi connectivity index (χ1n) is 6.21. The van der Waals surface area contributed by atoms with Gasteiger partial charge in [-0.1, -0.05) is 29.8 Å². The van der Waals surface area contributed by atoms with Crippen LogP contribution in [0.3, 0.4) is 0 Å². The van der Waals surface area contributed by atoms with E-state index < -0.39 is 0 Å². The van der Waals surface area contributed by atoms with Gasteiger partial charge >= 0.3 is 0 Å². The van der Waals surface area contributed by atoms with Crippen LogP contribution in [0.1, 0.15) is 20.3 Å². The van der Waals surface area contributed by atoms with Crippen molar-refractivity contribution in [2.45, 2.75) is 26.3 Å². The number of rotatable bonds is 3. The molecule has 0 aromatic heterocycles. The first-order chi connectivity index (χ1) is 8.53. The molecule has 1 aliphatic rings. The highest BCUT2D eigenvalue weighted by Crippen LogP contribution is 2.38. The fourth-order valence-electron chi connectivity index (χ4n) is 2.15. The van der Waals surface area contributed by atoms with Gasteiger partial charge in [0.25, 0.3) is 0 Å². The lowest BCUT2D eigenvalue weighted by Gasteiger charge is -2.39. The first kappa shape index (κ1) is 14.1. The van der Waals surface area contributed by atoms with E-state index in [2.05, 4.69) is 41.2 Å². The van der Waals surface area contributed by atoms with Gasteiger partial charge in [0.05, 0.1) is 12.8 Å².